The second-order valence-corrected chi connectivity index (χ2v) is 8.64. The first kappa shape index (κ1) is 19.8. The molecule has 1 heterocycles. The summed E-state index contributed by atoms with van der Waals surface area (Å²) in [5.74, 6) is 0. The number of aryl methyl sites for hydroxylation is 2. The number of anilines is 1. The van der Waals surface area contributed by atoms with Crippen LogP contribution in [0.1, 0.15) is 16.1 Å². The number of aromatic nitrogens is 1. The molecule has 0 atom stereocenters. The third-order valence-corrected chi connectivity index (χ3v) is 6.03. The first-order valence-electron chi connectivity index (χ1n) is 8.31. The Bertz CT molecular complexity index is 1190. The number of hydrogen-bond acceptors (Lipinski definition) is 6. The highest BCUT2D eigenvalue weighted by Gasteiger charge is 2.10. The molecule has 142 valence electrons. The van der Waals surface area contributed by atoms with E-state index in [2.05, 4.69) is 42.4 Å². The molecular weight excluding hydrogens is 392 g/mol. The van der Waals surface area contributed by atoms with Gasteiger partial charge in [-0.15, -0.1) is 11.3 Å². The minimum atomic E-state index is -3.73. The highest BCUT2D eigenvalue weighted by molar-refractivity contribution is 7.89. The van der Waals surface area contributed by atoms with E-state index in [4.69, 9.17) is 5.14 Å². The van der Waals surface area contributed by atoms with Gasteiger partial charge in [-0.05, 0) is 55.3 Å². The van der Waals surface area contributed by atoms with E-state index in [9.17, 15) is 13.7 Å². The summed E-state index contributed by atoms with van der Waals surface area (Å²) in [6.45, 7) is 4.11. The van der Waals surface area contributed by atoms with E-state index in [0.717, 1.165) is 11.3 Å². The zero-order valence-corrected chi connectivity index (χ0v) is 16.9. The number of hydrogen-bond donors (Lipinski definition) is 2. The number of thiazole rings is 1. The van der Waals surface area contributed by atoms with E-state index in [1.165, 1.54) is 34.6 Å². The van der Waals surface area contributed by atoms with Gasteiger partial charge in [-0.2, -0.15) is 5.26 Å². The number of nitrogens with one attached hydrogen (secondary N) is 1. The van der Waals surface area contributed by atoms with Crippen molar-refractivity contribution in [2.24, 2.45) is 5.14 Å². The predicted octanol–water partition coefficient (Wildman–Crippen LogP) is 4.05. The van der Waals surface area contributed by atoms with Gasteiger partial charge in [0.2, 0.25) is 10.0 Å². The number of nitrogens with zero attached hydrogens (tertiary/aromatic N) is 2. The van der Waals surface area contributed by atoms with Crippen molar-refractivity contribution in [3.05, 3.63) is 70.2 Å². The predicted molar refractivity (Wildman–Crippen MR) is 112 cm³/mol. The van der Waals surface area contributed by atoms with Crippen LogP contribution in [0.5, 0.6) is 0 Å². The number of sulfonamides is 1. The molecule has 0 aliphatic heterocycles. The van der Waals surface area contributed by atoms with Gasteiger partial charge < -0.3 is 5.32 Å². The third-order valence-electron chi connectivity index (χ3n) is 4.22. The minimum Gasteiger partial charge on any atom is -0.360 e. The molecule has 0 radical (unpaired) electrons. The molecule has 2 aromatic carbocycles. The fourth-order valence-electron chi connectivity index (χ4n) is 2.47. The lowest BCUT2D eigenvalue weighted by atomic mass is 10.1. The summed E-state index contributed by atoms with van der Waals surface area (Å²) >= 11 is 1.39. The van der Waals surface area contributed by atoms with Crippen LogP contribution >= 0.6 is 11.3 Å². The average molecular weight is 411 g/mol. The molecule has 0 fully saturated rings. The Morgan fingerprint density at radius 2 is 1.89 bits per heavy atom. The molecule has 6 nitrogen and oxygen atoms in total. The van der Waals surface area contributed by atoms with E-state index < -0.39 is 10.0 Å². The number of nitriles is 1. The smallest absolute Gasteiger partial charge is 0.238 e. The molecule has 0 unspecified atom stereocenters. The lowest BCUT2D eigenvalue weighted by Gasteiger charge is -2.03. The highest BCUT2D eigenvalue weighted by Crippen LogP contribution is 2.27. The van der Waals surface area contributed by atoms with Crippen molar-refractivity contribution in [2.75, 3.05) is 5.32 Å². The van der Waals surface area contributed by atoms with Gasteiger partial charge in [0, 0.05) is 22.8 Å². The molecule has 0 aliphatic rings. The highest BCUT2D eigenvalue weighted by atomic mass is 32.2. The van der Waals surface area contributed by atoms with Gasteiger partial charge in [0.25, 0.3) is 0 Å². The average Bonchev–Trinajstić information content (AvgIpc) is 3.14. The van der Waals surface area contributed by atoms with E-state index in [1.807, 2.05) is 11.4 Å². The normalized spacial score (nSPS) is 11.9. The summed E-state index contributed by atoms with van der Waals surface area (Å²) in [6.07, 6.45) is 1.55. The second kappa shape index (κ2) is 7.94. The largest absolute Gasteiger partial charge is 0.360 e. The van der Waals surface area contributed by atoms with Gasteiger partial charge in [0.1, 0.15) is 16.6 Å². The Morgan fingerprint density at radius 3 is 2.50 bits per heavy atom. The van der Waals surface area contributed by atoms with Crippen molar-refractivity contribution in [3.8, 4) is 17.3 Å². The van der Waals surface area contributed by atoms with E-state index in [0.29, 0.717) is 16.3 Å². The molecule has 3 N–H and O–H groups in total. The fourth-order valence-corrected chi connectivity index (χ4v) is 3.78. The summed E-state index contributed by atoms with van der Waals surface area (Å²) in [6, 6.07) is 14.2. The molecule has 0 bridgehead atoms. The van der Waals surface area contributed by atoms with Crippen molar-refractivity contribution in [3.63, 3.8) is 0 Å². The van der Waals surface area contributed by atoms with Gasteiger partial charge in [-0.3, -0.25) is 0 Å². The topological polar surface area (TPSA) is 109 Å². The molecule has 3 rings (SSSR count). The minimum absolute atomic E-state index is 0.0282. The fraction of sp³-hybridized carbons (Fsp3) is 0.100. The molecule has 8 heteroatoms. The Balaban J connectivity index is 1.81. The van der Waals surface area contributed by atoms with Gasteiger partial charge in [-0.25, -0.2) is 18.5 Å². The summed E-state index contributed by atoms with van der Waals surface area (Å²) in [5.41, 5.74) is 5.25. The molecule has 0 saturated heterocycles. The maximum absolute atomic E-state index is 11.3. The maximum Gasteiger partial charge on any atom is 0.238 e. The Labute approximate surface area is 168 Å². The number of rotatable bonds is 5. The SMILES string of the molecule is Cc1ccc(-c2csc(/C(C#N)=C/Nc3ccc(S(N)(=O)=O)cc3)n2)cc1C. The lowest BCUT2D eigenvalue weighted by Crippen LogP contribution is -2.11. The molecule has 3 aromatic rings. The van der Waals surface area contributed by atoms with Crippen molar-refractivity contribution in [2.45, 2.75) is 18.7 Å². The standard InChI is InChI=1S/C20H18N4O2S2/c1-13-3-4-15(9-14(13)2)19-12-27-20(24-19)16(10-21)11-23-17-5-7-18(8-6-17)28(22,25)26/h3-9,11-12,23H,1-2H3,(H2,22,25,26)/b16-11+. The quantitative estimate of drug-likeness (QED) is 0.617. The van der Waals surface area contributed by atoms with Crippen molar-refractivity contribution >= 4 is 32.6 Å². The summed E-state index contributed by atoms with van der Waals surface area (Å²) in [4.78, 5) is 4.60. The van der Waals surface area contributed by atoms with Crippen LogP contribution in [0.4, 0.5) is 5.69 Å². The van der Waals surface area contributed by atoms with Crippen LogP contribution in [0.25, 0.3) is 16.8 Å². The molecule has 0 saturated carbocycles. The Hall–Kier alpha value is -2.99. The molecule has 28 heavy (non-hydrogen) atoms. The van der Waals surface area contributed by atoms with Crippen LogP contribution in [0.2, 0.25) is 0 Å². The lowest BCUT2D eigenvalue weighted by molar-refractivity contribution is 0.598. The van der Waals surface area contributed by atoms with Gasteiger partial charge in [0.05, 0.1) is 10.6 Å². The Kier molecular flexibility index (Phi) is 5.61. The van der Waals surface area contributed by atoms with Gasteiger partial charge >= 0.3 is 0 Å². The van der Waals surface area contributed by atoms with Crippen LogP contribution in [-0.2, 0) is 10.0 Å². The van der Waals surface area contributed by atoms with Crippen LogP contribution in [0.3, 0.4) is 0 Å². The number of benzene rings is 2. The maximum atomic E-state index is 11.3. The second-order valence-electron chi connectivity index (χ2n) is 6.22. The number of primary sulfonamides is 1. The molecule has 0 aliphatic carbocycles. The van der Waals surface area contributed by atoms with Crippen LogP contribution in [0, 0.1) is 25.2 Å². The molecular formula is C20H18N4O2S2. The molecule has 1 aromatic heterocycles. The van der Waals surface area contributed by atoms with E-state index in [1.54, 1.807) is 18.3 Å². The van der Waals surface area contributed by atoms with Gasteiger partial charge in [0.15, 0.2) is 0 Å². The monoisotopic (exact) mass is 410 g/mol. The first-order chi connectivity index (χ1) is 13.3. The van der Waals surface area contributed by atoms with E-state index in [-0.39, 0.29) is 4.90 Å². The van der Waals surface area contributed by atoms with Crippen molar-refractivity contribution in [1.82, 2.24) is 4.98 Å². The van der Waals surface area contributed by atoms with E-state index >= 15 is 0 Å². The van der Waals surface area contributed by atoms with Gasteiger partial charge in [-0.1, -0.05) is 12.1 Å². The van der Waals surface area contributed by atoms with Crippen LogP contribution < -0.4 is 10.5 Å². The molecule has 0 amide bonds. The van der Waals surface area contributed by atoms with Crippen molar-refractivity contribution < 1.29 is 8.42 Å². The molecule has 0 spiro atoms. The number of allylic oxidation sites excluding steroid dienone is 1. The first-order valence-corrected chi connectivity index (χ1v) is 10.7. The zero-order chi connectivity index (χ0) is 20.3. The van der Waals surface area contributed by atoms with Crippen LogP contribution in [0.15, 0.2) is 58.9 Å². The van der Waals surface area contributed by atoms with Crippen molar-refractivity contribution in [1.29, 1.82) is 5.26 Å². The van der Waals surface area contributed by atoms with Crippen LogP contribution in [-0.4, -0.2) is 13.4 Å². The number of nitrogens with two attached hydrogens (primary N) is 1. The third kappa shape index (κ3) is 4.46. The summed E-state index contributed by atoms with van der Waals surface area (Å²) < 4.78 is 22.6. The summed E-state index contributed by atoms with van der Waals surface area (Å²) in [7, 11) is -3.73. The zero-order valence-electron chi connectivity index (χ0n) is 15.3. The Morgan fingerprint density at radius 1 is 1.18 bits per heavy atom. The summed E-state index contributed by atoms with van der Waals surface area (Å²) in [5, 5.41) is 20.1.